The van der Waals surface area contributed by atoms with E-state index in [0.717, 1.165) is 6.42 Å². The molecule has 0 fully saturated rings. The lowest BCUT2D eigenvalue weighted by atomic mass is 10.1. The highest BCUT2D eigenvalue weighted by atomic mass is 16.5. The van der Waals surface area contributed by atoms with Crippen LogP contribution in [0.5, 0.6) is 0 Å². The maximum Gasteiger partial charge on any atom is 0.330 e. The molecule has 0 spiro atoms. The lowest BCUT2D eigenvalue weighted by Crippen LogP contribution is -1.92. The van der Waals surface area contributed by atoms with Gasteiger partial charge in [0.15, 0.2) is 0 Å². The number of esters is 1. The van der Waals surface area contributed by atoms with E-state index in [1.807, 2.05) is 6.08 Å². The van der Waals surface area contributed by atoms with Crippen LogP contribution in [0.25, 0.3) is 0 Å². The predicted molar refractivity (Wildman–Crippen MR) is 82.1 cm³/mol. The molecule has 110 valence electrons. The average molecular weight is 266 g/mol. The molecule has 0 amide bonds. The van der Waals surface area contributed by atoms with Gasteiger partial charge in [-0.15, -0.1) is 0 Å². The largest absolute Gasteiger partial charge is 0.466 e. The molecule has 0 bridgehead atoms. The SMILES string of the molecule is CCCCCCCCCCC/C=C\C=C\C(=O)OC. The van der Waals surface area contributed by atoms with Crippen LogP contribution in [0, 0.1) is 0 Å². The molecule has 0 aromatic carbocycles. The van der Waals surface area contributed by atoms with Gasteiger partial charge in [-0.2, -0.15) is 0 Å². The van der Waals surface area contributed by atoms with Crippen molar-refractivity contribution >= 4 is 5.97 Å². The Bertz CT molecular complexity index is 254. The molecule has 0 aliphatic carbocycles. The Morgan fingerprint density at radius 2 is 1.47 bits per heavy atom. The van der Waals surface area contributed by atoms with E-state index >= 15 is 0 Å². The van der Waals surface area contributed by atoms with Crippen LogP contribution in [0.1, 0.15) is 71.1 Å². The van der Waals surface area contributed by atoms with E-state index in [-0.39, 0.29) is 5.97 Å². The highest BCUT2D eigenvalue weighted by molar-refractivity contribution is 5.82. The molecule has 2 heteroatoms. The summed E-state index contributed by atoms with van der Waals surface area (Å²) in [7, 11) is 1.39. The number of methoxy groups -OCH3 is 1. The molecule has 19 heavy (non-hydrogen) atoms. The second kappa shape index (κ2) is 15.0. The average Bonchev–Trinajstić information content (AvgIpc) is 2.43. The van der Waals surface area contributed by atoms with Gasteiger partial charge in [0.05, 0.1) is 7.11 Å². The van der Waals surface area contributed by atoms with E-state index in [0.29, 0.717) is 0 Å². The zero-order valence-corrected chi connectivity index (χ0v) is 12.7. The maximum absolute atomic E-state index is 10.8. The lowest BCUT2D eigenvalue weighted by Gasteiger charge is -2.00. The fourth-order valence-corrected chi connectivity index (χ4v) is 1.95. The minimum atomic E-state index is -0.298. The molecule has 0 aromatic rings. The summed E-state index contributed by atoms with van der Waals surface area (Å²) in [4.78, 5) is 10.8. The Kier molecular flexibility index (Phi) is 14.2. The molecule has 0 aromatic heterocycles. The monoisotopic (exact) mass is 266 g/mol. The summed E-state index contributed by atoms with van der Waals surface area (Å²) >= 11 is 0. The van der Waals surface area contributed by atoms with Crippen molar-refractivity contribution in [2.24, 2.45) is 0 Å². The van der Waals surface area contributed by atoms with Gasteiger partial charge in [-0.05, 0) is 12.8 Å². The molecule has 0 heterocycles. The number of hydrogen-bond acceptors (Lipinski definition) is 2. The summed E-state index contributed by atoms with van der Waals surface area (Å²) in [6.07, 6.45) is 20.6. The molecule has 2 nitrogen and oxygen atoms in total. The Morgan fingerprint density at radius 1 is 0.895 bits per heavy atom. The standard InChI is InChI=1S/C17H30O2/c1-3-4-5-6-7-8-9-10-11-12-13-14-15-16-17(18)19-2/h13-16H,3-12H2,1-2H3/b14-13-,16-15+. The second-order valence-electron chi connectivity index (χ2n) is 4.93. The number of carbonyl (C=O) groups is 1. The van der Waals surface area contributed by atoms with Crippen molar-refractivity contribution in [3.63, 3.8) is 0 Å². The Morgan fingerprint density at radius 3 is 2.05 bits per heavy atom. The number of hydrogen-bond donors (Lipinski definition) is 0. The third kappa shape index (κ3) is 14.9. The molecule has 0 N–H and O–H groups in total. The quantitative estimate of drug-likeness (QED) is 0.210. The molecule has 0 radical (unpaired) electrons. The van der Waals surface area contributed by atoms with Crippen LogP contribution in [0.15, 0.2) is 24.3 Å². The summed E-state index contributed by atoms with van der Waals surface area (Å²) in [6, 6.07) is 0. The molecule has 0 aliphatic rings. The van der Waals surface area contributed by atoms with Crippen molar-refractivity contribution in [2.75, 3.05) is 7.11 Å². The van der Waals surface area contributed by atoms with Crippen LogP contribution in [0.4, 0.5) is 0 Å². The van der Waals surface area contributed by atoms with Crippen molar-refractivity contribution < 1.29 is 9.53 Å². The van der Waals surface area contributed by atoms with Crippen molar-refractivity contribution in [1.29, 1.82) is 0 Å². The van der Waals surface area contributed by atoms with Gasteiger partial charge in [-0.25, -0.2) is 4.79 Å². The molecule has 0 saturated heterocycles. The normalized spacial score (nSPS) is 11.5. The summed E-state index contributed by atoms with van der Waals surface area (Å²) < 4.78 is 4.50. The topological polar surface area (TPSA) is 26.3 Å². The van der Waals surface area contributed by atoms with Crippen LogP contribution in [-0.2, 0) is 9.53 Å². The highest BCUT2D eigenvalue weighted by Gasteiger charge is 1.91. The number of ether oxygens (including phenoxy) is 1. The van der Waals surface area contributed by atoms with Gasteiger partial charge in [0, 0.05) is 6.08 Å². The summed E-state index contributed by atoms with van der Waals surface area (Å²) in [5.41, 5.74) is 0. The number of unbranched alkanes of at least 4 members (excludes halogenated alkanes) is 9. The van der Waals surface area contributed by atoms with Crippen LogP contribution in [-0.4, -0.2) is 13.1 Å². The zero-order chi connectivity index (χ0) is 14.2. The Balaban J connectivity index is 3.20. The van der Waals surface area contributed by atoms with Gasteiger partial charge in [-0.1, -0.05) is 76.5 Å². The molecule has 0 saturated carbocycles. The van der Waals surface area contributed by atoms with Crippen LogP contribution >= 0.6 is 0 Å². The number of carbonyl (C=O) groups excluding carboxylic acids is 1. The molecular formula is C17H30O2. The fourth-order valence-electron chi connectivity index (χ4n) is 1.95. The summed E-state index contributed by atoms with van der Waals surface area (Å²) in [5, 5.41) is 0. The van der Waals surface area contributed by atoms with E-state index in [1.165, 1.54) is 71.0 Å². The van der Waals surface area contributed by atoms with Gasteiger partial charge in [0.2, 0.25) is 0 Å². The van der Waals surface area contributed by atoms with Crippen LogP contribution in [0.3, 0.4) is 0 Å². The van der Waals surface area contributed by atoms with E-state index in [2.05, 4.69) is 17.7 Å². The molecule has 0 aliphatic heterocycles. The minimum absolute atomic E-state index is 0.298. The molecule has 0 atom stereocenters. The maximum atomic E-state index is 10.8. The Labute approximate surface area is 118 Å². The van der Waals surface area contributed by atoms with Crippen molar-refractivity contribution in [1.82, 2.24) is 0 Å². The zero-order valence-electron chi connectivity index (χ0n) is 12.7. The van der Waals surface area contributed by atoms with Gasteiger partial charge in [0.1, 0.15) is 0 Å². The first-order chi connectivity index (χ1) is 9.31. The second-order valence-corrected chi connectivity index (χ2v) is 4.93. The fraction of sp³-hybridized carbons (Fsp3) is 0.706. The third-order valence-electron chi connectivity index (χ3n) is 3.16. The van der Waals surface area contributed by atoms with Crippen LogP contribution in [0.2, 0.25) is 0 Å². The van der Waals surface area contributed by atoms with E-state index in [9.17, 15) is 4.79 Å². The van der Waals surface area contributed by atoms with Crippen molar-refractivity contribution in [3.05, 3.63) is 24.3 Å². The van der Waals surface area contributed by atoms with E-state index in [1.54, 1.807) is 6.08 Å². The predicted octanol–water partition coefficient (Wildman–Crippen LogP) is 5.19. The number of allylic oxidation sites excluding steroid dienone is 3. The summed E-state index contributed by atoms with van der Waals surface area (Å²) in [6.45, 7) is 2.26. The van der Waals surface area contributed by atoms with Crippen LogP contribution < -0.4 is 0 Å². The minimum Gasteiger partial charge on any atom is -0.466 e. The van der Waals surface area contributed by atoms with Crippen molar-refractivity contribution in [3.8, 4) is 0 Å². The van der Waals surface area contributed by atoms with E-state index in [4.69, 9.17) is 0 Å². The molecule has 0 unspecified atom stereocenters. The smallest absolute Gasteiger partial charge is 0.330 e. The Hall–Kier alpha value is -1.05. The van der Waals surface area contributed by atoms with Gasteiger partial charge in [0.25, 0.3) is 0 Å². The first kappa shape index (κ1) is 17.9. The van der Waals surface area contributed by atoms with Gasteiger partial charge >= 0.3 is 5.97 Å². The molecular weight excluding hydrogens is 236 g/mol. The molecule has 0 rings (SSSR count). The highest BCUT2D eigenvalue weighted by Crippen LogP contribution is 2.10. The number of rotatable bonds is 12. The first-order valence-electron chi connectivity index (χ1n) is 7.72. The third-order valence-corrected chi connectivity index (χ3v) is 3.16. The van der Waals surface area contributed by atoms with Gasteiger partial charge < -0.3 is 4.74 Å². The lowest BCUT2D eigenvalue weighted by molar-refractivity contribution is -0.134. The van der Waals surface area contributed by atoms with Gasteiger partial charge in [-0.3, -0.25) is 0 Å². The van der Waals surface area contributed by atoms with Crippen molar-refractivity contribution in [2.45, 2.75) is 71.1 Å². The van der Waals surface area contributed by atoms with E-state index < -0.39 is 0 Å². The summed E-state index contributed by atoms with van der Waals surface area (Å²) in [5.74, 6) is -0.298. The first-order valence-corrected chi connectivity index (χ1v) is 7.72.